The highest BCUT2D eigenvalue weighted by Gasteiger charge is 2.06. The van der Waals surface area contributed by atoms with Crippen LogP contribution in [0.5, 0.6) is 0 Å². The molecule has 1 heterocycles. The maximum Gasteiger partial charge on any atom is 0.335 e. The lowest BCUT2D eigenvalue weighted by molar-refractivity contribution is 0.0697. The van der Waals surface area contributed by atoms with Gasteiger partial charge in [0.2, 0.25) is 0 Å². The van der Waals surface area contributed by atoms with Crippen LogP contribution >= 0.6 is 11.6 Å². The molecule has 1 aromatic rings. The standard InChI is InChI=1S/C8H10ClN3O2/c9-6-3-5(8(13)14)4-7(12-6)11-2-1-10/h3-4H,1-2,10H2,(H,11,12)(H,13,14). The van der Waals surface area contributed by atoms with Crippen LogP contribution in [0, 0.1) is 0 Å². The Morgan fingerprint density at radius 3 is 2.93 bits per heavy atom. The van der Waals surface area contributed by atoms with Gasteiger partial charge in [-0.3, -0.25) is 0 Å². The molecular formula is C8H10ClN3O2. The highest BCUT2D eigenvalue weighted by molar-refractivity contribution is 6.29. The number of nitrogens with zero attached hydrogens (tertiary/aromatic N) is 1. The average Bonchev–Trinajstić information content (AvgIpc) is 2.14. The lowest BCUT2D eigenvalue weighted by Crippen LogP contribution is -2.14. The number of aromatic carboxylic acids is 1. The van der Waals surface area contributed by atoms with Crippen LogP contribution in [0.1, 0.15) is 10.4 Å². The normalized spacial score (nSPS) is 9.86. The fourth-order valence-electron chi connectivity index (χ4n) is 0.911. The second-order valence-corrected chi connectivity index (χ2v) is 2.97. The summed E-state index contributed by atoms with van der Waals surface area (Å²) < 4.78 is 0. The molecule has 0 spiro atoms. The Balaban J connectivity index is 2.89. The van der Waals surface area contributed by atoms with Crippen LogP contribution in [-0.2, 0) is 0 Å². The molecule has 0 fully saturated rings. The number of carboxylic acids is 1. The van der Waals surface area contributed by atoms with Crippen LogP contribution in [-0.4, -0.2) is 29.1 Å². The number of nitrogens with one attached hydrogen (secondary N) is 1. The number of rotatable bonds is 4. The zero-order valence-corrected chi connectivity index (χ0v) is 8.08. The van der Waals surface area contributed by atoms with Crippen molar-refractivity contribution in [1.29, 1.82) is 0 Å². The molecule has 0 aliphatic carbocycles. The van der Waals surface area contributed by atoms with Crippen LogP contribution in [0.2, 0.25) is 5.15 Å². The summed E-state index contributed by atoms with van der Waals surface area (Å²) in [4.78, 5) is 14.5. The molecule has 0 atom stereocenters. The molecule has 6 heteroatoms. The largest absolute Gasteiger partial charge is 0.478 e. The second-order valence-electron chi connectivity index (χ2n) is 2.58. The van der Waals surface area contributed by atoms with E-state index < -0.39 is 5.97 Å². The molecule has 0 aliphatic heterocycles. The topological polar surface area (TPSA) is 88.2 Å². The SMILES string of the molecule is NCCNc1cc(C(=O)O)cc(Cl)n1. The van der Waals surface area contributed by atoms with Crippen molar-refractivity contribution in [2.45, 2.75) is 0 Å². The molecule has 0 saturated carbocycles. The number of nitrogens with two attached hydrogens (primary N) is 1. The highest BCUT2D eigenvalue weighted by atomic mass is 35.5. The molecule has 0 unspecified atom stereocenters. The minimum atomic E-state index is -1.04. The predicted octanol–water partition coefficient (Wildman–Crippen LogP) is 0.804. The van der Waals surface area contributed by atoms with Gasteiger partial charge in [0.25, 0.3) is 0 Å². The van der Waals surface area contributed by atoms with Gasteiger partial charge < -0.3 is 16.2 Å². The summed E-state index contributed by atoms with van der Waals surface area (Å²) in [5.74, 6) is -0.620. The third kappa shape index (κ3) is 2.86. The van der Waals surface area contributed by atoms with E-state index in [0.29, 0.717) is 18.9 Å². The van der Waals surface area contributed by atoms with E-state index in [2.05, 4.69) is 10.3 Å². The van der Waals surface area contributed by atoms with E-state index in [4.69, 9.17) is 22.4 Å². The van der Waals surface area contributed by atoms with Crippen molar-refractivity contribution in [2.24, 2.45) is 5.73 Å². The van der Waals surface area contributed by atoms with Crippen molar-refractivity contribution in [3.63, 3.8) is 0 Å². The van der Waals surface area contributed by atoms with Gasteiger partial charge in [0.1, 0.15) is 11.0 Å². The lowest BCUT2D eigenvalue weighted by atomic mass is 10.2. The number of hydrogen-bond donors (Lipinski definition) is 3. The molecule has 0 aromatic carbocycles. The first-order valence-corrected chi connectivity index (χ1v) is 4.36. The Hall–Kier alpha value is -1.33. The number of pyridine rings is 1. The number of aromatic nitrogens is 1. The van der Waals surface area contributed by atoms with E-state index >= 15 is 0 Å². The van der Waals surface area contributed by atoms with E-state index in [0.717, 1.165) is 0 Å². The van der Waals surface area contributed by atoms with E-state index in [-0.39, 0.29) is 10.7 Å². The fraction of sp³-hybridized carbons (Fsp3) is 0.250. The van der Waals surface area contributed by atoms with Crippen LogP contribution in [0.15, 0.2) is 12.1 Å². The Labute approximate surface area is 85.9 Å². The lowest BCUT2D eigenvalue weighted by Gasteiger charge is -2.04. The highest BCUT2D eigenvalue weighted by Crippen LogP contribution is 2.14. The summed E-state index contributed by atoms with van der Waals surface area (Å²) >= 11 is 5.63. The minimum Gasteiger partial charge on any atom is -0.478 e. The Morgan fingerprint density at radius 2 is 2.36 bits per heavy atom. The molecule has 0 radical (unpaired) electrons. The molecule has 76 valence electrons. The van der Waals surface area contributed by atoms with Gasteiger partial charge in [0.15, 0.2) is 0 Å². The summed E-state index contributed by atoms with van der Waals surface area (Å²) in [6, 6.07) is 2.70. The van der Waals surface area contributed by atoms with Crippen molar-refractivity contribution in [3.8, 4) is 0 Å². The first kappa shape index (κ1) is 10.7. The zero-order chi connectivity index (χ0) is 10.6. The average molecular weight is 216 g/mol. The van der Waals surface area contributed by atoms with Crippen molar-refractivity contribution < 1.29 is 9.90 Å². The fourth-order valence-corrected chi connectivity index (χ4v) is 1.12. The molecule has 4 N–H and O–H groups in total. The molecular weight excluding hydrogens is 206 g/mol. The number of carboxylic acid groups (broad SMARTS) is 1. The molecule has 0 saturated heterocycles. The van der Waals surface area contributed by atoms with Crippen LogP contribution in [0.25, 0.3) is 0 Å². The number of carbonyl (C=O) groups is 1. The first-order chi connectivity index (χ1) is 6.63. The molecule has 1 aromatic heterocycles. The number of hydrogen-bond acceptors (Lipinski definition) is 4. The summed E-state index contributed by atoms with van der Waals surface area (Å²) in [5, 5.41) is 11.7. The monoisotopic (exact) mass is 215 g/mol. The Morgan fingerprint density at radius 1 is 1.64 bits per heavy atom. The smallest absolute Gasteiger partial charge is 0.335 e. The first-order valence-electron chi connectivity index (χ1n) is 3.98. The molecule has 14 heavy (non-hydrogen) atoms. The summed E-state index contributed by atoms with van der Waals surface area (Å²) in [6.45, 7) is 0.961. The van der Waals surface area contributed by atoms with Gasteiger partial charge in [-0.15, -0.1) is 0 Å². The zero-order valence-electron chi connectivity index (χ0n) is 7.33. The van der Waals surface area contributed by atoms with Crippen molar-refractivity contribution in [1.82, 2.24) is 4.98 Å². The summed E-state index contributed by atoms with van der Waals surface area (Å²) in [6.07, 6.45) is 0. The van der Waals surface area contributed by atoms with Gasteiger partial charge in [-0.1, -0.05) is 11.6 Å². The Bertz CT molecular complexity index is 343. The van der Waals surface area contributed by atoms with E-state index in [1.807, 2.05) is 0 Å². The van der Waals surface area contributed by atoms with E-state index in [9.17, 15) is 4.79 Å². The van der Waals surface area contributed by atoms with Crippen molar-refractivity contribution in [3.05, 3.63) is 22.8 Å². The second kappa shape index (κ2) is 4.78. The predicted molar refractivity (Wildman–Crippen MR) is 53.8 cm³/mol. The van der Waals surface area contributed by atoms with Crippen LogP contribution in [0.3, 0.4) is 0 Å². The van der Waals surface area contributed by atoms with Gasteiger partial charge in [0, 0.05) is 13.1 Å². The van der Waals surface area contributed by atoms with Gasteiger partial charge in [-0.05, 0) is 12.1 Å². The number of anilines is 1. The maximum atomic E-state index is 10.6. The van der Waals surface area contributed by atoms with E-state index in [1.165, 1.54) is 12.1 Å². The molecule has 0 bridgehead atoms. The maximum absolute atomic E-state index is 10.6. The summed E-state index contributed by atoms with van der Waals surface area (Å²) in [7, 11) is 0. The van der Waals surface area contributed by atoms with Crippen molar-refractivity contribution in [2.75, 3.05) is 18.4 Å². The summed E-state index contributed by atoms with van der Waals surface area (Å²) in [5.41, 5.74) is 5.37. The third-order valence-corrected chi connectivity index (χ3v) is 1.69. The number of halogens is 1. The van der Waals surface area contributed by atoms with Gasteiger partial charge >= 0.3 is 5.97 Å². The third-order valence-electron chi connectivity index (χ3n) is 1.49. The van der Waals surface area contributed by atoms with Gasteiger partial charge in [0.05, 0.1) is 5.56 Å². The molecule has 0 aliphatic rings. The Kier molecular flexibility index (Phi) is 3.67. The van der Waals surface area contributed by atoms with Gasteiger partial charge in [-0.2, -0.15) is 0 Å². The van der Waals surface area contributed by atoms with Crippen molar-refractivity contribution >= 4 is 23.4 Å². The minimum absolute atomic E-state index is 0.101. The van der Waals surface area contributed by atoms with Crippen LogP contribution < -0.4 is 11.1 Å². The van der Waals surface area contributed by atoms with Gasteiger partial charge in [-0.25, -0.2) is 9.78 Å². The quantitative estimate of drug-likeness (QED) is 0.647. The molecule has 1 rings (SSSR count). The molecule has 0 amide bonds. The van der Waals surface area contributed by atoms with E-state index in [1.54, 1.807) is 0 Å². The molecule has 5 nitrogen and oxygen atoms in total. The van der Waals surface area contributed by atoms with Crippen LogP contribution in [0.4, 0.5) is 5.82 Å².